The number of benzene rings is 1. The minimum Gasteiger partial charge on any atom is -0.350 e. The summed E-state index contributed by atoms with van der Waals surface area (Å²) >= 11 is 6.82. The smallest absolute Gasteiger partial charge is 0.350 e. The summed E-state index contributed by atoms with van der Waals surface area (Å²) in [7, 11) is 0. The number of carbonyl (C=O) groups is 1. The third-order valence-corrected chi connectivity index (χ3v) is 7.94. The standard InChI is InChI=1S/C32H31ClF2N6O2/c1-7-21-9-8-10-24(35)25(21)27-23(33)15-22-29(40-14-13-39(16-19(40)5)31(42)20(6)34)38-32(43)41(30(22)37-27)28-18(4)11-12-36-26(28)17(2)3/h7-12,15,17,19H,1,6,13-14,16H2,2-5H3/t19-/m0/s1. The first-order chi connectivity index (χ1) is 20.4. The molecule has 8 nitrogen and oxygen atoms in total. The first-order valence-electron chi connectivity index (χ1n) is 13.8. The molecule has 0 unspecified atom stereocenters. The van der Waals surface area contributed by atoms with Crippen LogP contribution in [0, 0.1) is 12.7 Å². The Balaban J connectivity index is 1.82. The molecule has 4 heterocycles. The number of amides is 1. The number of carbonyl (C=O) groups excluding carboxylic acids is 1. The van der Waals surface area contributed by atoms with E-state index in [4.69, 9.17) is 16.6 Å². The van der Waals surface area contributed by atoms with E-state index in [9.17, 15) is 14.0 Å². The minimum absolute atomic E-state index is 0.0434. The van der Waals surface area contributed by atoms with Crippen LogP contribution in [0.1, 0.15) is 43.5 Å². The molecule has 0 spiro atoms. The van der Waals surface area contributed by atoms with Gasteiger partial charge in [0.2, 0.25) is 0 Å². The molecule has 0 aliphatic carbocycles. The Kier molecular flexibility index (Phi) is 8.16. The van der Waals surface area contributed by atoms with Crippen molar-refractivity contribution in [3.05, 3.63) is 93.7 Å². The van der Waals surface area contributed by atoms with E-state index in [-0.39, 0.29) is 53.5 Å². The van der Waals surface area contributed by atoms with Gasteiger partial charge in [0.25, 0.3) is 5.91 Å². The van der Waals surface area contributed by atoms with Gasteiger partial charge in [0.15, 0.2) is 11.5 Å². The van der Waals surface area contributed by atoms with Crippen LogP contribution in [0.2, 0.25) is 5.02 Å². The van der Waals surface area contributed by atoms with E-state index < -0.39 is 23.2 Å². The lowest BCUT2D eigenvalue weighted by molar-refractivity contribution is -0.129. The monoisotopic (exact) mass is 604 g/mol. The zero-order valence-corrected chi connectivity index (χ0v) is 25.1. The summed E-state index contributed by atoms with van der Waals surface area (Å²) in [5.74, 6) is -2.09. The largest absolute Gasteiger partial charge is 0.355 e. The van der Waals surface area contributed by atoms with E-state index in [1.807, 2.05) is 32.6 Å². The number of piperazine rings is 1. The molecule has 4 aromatic rings. The molecule has 1 aliphatic rings. The predicted molar refractivity (Wildman–Crippen MR) is 166 cm³/mol. The number of nitrogens with zero attached hydrogens (tertiary/aromatic N) is 6. The summed E-state index contributed by atoms with van der Waals surface area (Å²) in [6, 6.07) is 7.67. The first-order valence-corrected chi connectivity index (χ1v) is 14.2. The zero-order chi connectivity index (χ0) is 31.2. The second-order valence-corrected chi connectivity index (χ2v) is 11.3. The lowest BCUT2D eigenvalue weighted by Crippen LogP contribution is -2.54. The maximum atomic E-state index is 15.3. The number of halogens is 3. The molecular formula is C32H31ClF2N6O2. The highest BCUT2D eigenvalue weighted by Crippen LogP contribution is 2.37. The molecule has 1 aromatic carbocycles. The summed E-state index contributed by atoms with van der Waals surface area (Å²) in [6.45, 7) is 15.2. The molecule has 0 saturated carbocycles. The minimum atomic E-state index is -1.03. The number of anilines is 1. The van der Waals surface area contributed by atoms with Crippen molar-refractivity contribution in [1.29, 1.82) is 0 Å². The van der Waals surface area contributed by atoms with Crippen molar-refractivity contribution in [3.8, 4) is 16.9 Å². The molecule has 11 heteroatoms. The number of fused-ring (bicyclic) bond motifs is 1. The van der Waals surface area contributed by atoms with E-state index in [0.29, 0.717) is 28.1 Å². The van der Waals surface area contributed by atoms with Gasteiger partial charge in [0.1, 0.15) is 11.6 Å². The second kappa shape index (κ2) is 11.7. The summed E-state index contributed by atoms with van der Waals surface area (Å²) < 4.78 is 30.3. The van der Waals surface area contributed by atoms with Gasteiger partial charge < -0.3 is 9.80 Å². The molecule has 0 N–H and O–H groups in total. The lowest BCUT2D eigenvalue weighted by Gasteiger charge is -2.40. The Labute approximate surface area is 253 Å². The lowest BCUT2D eigenvalue weighted by atomic mass is 10.0. The Bertz CT molecular complexity index is 1850. The maximum absolute atomic E-state index is 15.3. The molecule has 5 rings (SSSR count). The third-order valence-electron chi connectivity index (χ3n) is 7.65. The molecule has 0 bridgehead atoms. The van der Waals surface area contributed by atoms with Crippen LogP contribution in [0.4, 0.5) is 14.6 Å². The summed E-state index contributed by atoms with van der Waals surface area (Å²) in [5, 5.41) is 0.598. The van der Waals surface area contributed by atoms with Crippen LogP contribution in [-0.4, -0.2) is 56.0 Å². The fourth-order valence-electron chi connectivity index (χ4n) is 5.58. The Hall–Kier alpha value is -4.44. The number of aryl methyl sites for hydroxylation is 1. The second-order valence-electron chi connectivity index (χ2n) is 10.9. The van der Waals surface area contributed by atoms with Crippen LogP contribution < -0.4 is 10.6 Å². The first kappa shape index (κ1) is 30.0. The maximum Gasteiger partial charge on any atom is 0.355 e. The van der Waals surface area contributed by atoms with Crippen molar-refractivity contribution in [2.24, 2.45) is 0 Å². The predicted octanol–water partition coefficient (Wildman–Crippen LogP) is 6.23. The van der Waals surface area contributed by atoms with Crippen molar-refractivity contribution >= 4 is 40.4 Å². The summed E-state index contributed by atoms with van der Waals surface area (Å²) in [4.78, 5) is 43.5. The van der Waals surface area contributed by atoms with Crippen LogP contribution in [0.5, 0.6) is 0 Å². The fraction of sp³-hybridized carbons (Fsp3) is 0.281. The number of hydrogen-bond donors (Lipinski definition) is 0. The fourth-order valence-corrected chi connectivity index (χ4v) is 5.82. The van der Waals surface area contributed by atoms with Gasteiger partial charge in [-0.25, -0.2) is 23.1 Å². The molecule has 1 fully saturated rings. The quantitative estimate of drug-likeness (QED) is 0.243. The molecule has 1 atom stereocenters. The van der Waals surface area contributed by atoms with Gasteiger partial charge in [0.05, 0.1) is 27.5 Å². The highest BCUT2D eigenvalue weighted by Gasteiger charge is 2.32. The molecule has 3 aromatic heterocycles. The van der Waals surface area contributed by atoms with Crippen molar-refractivity contribution in [2.75, 3.05) is 24.5 Å². The molecular weight excluding hydrogens is 574 g/mol. The molecule has 1 amide bonds. The van der Waals surface area contributed by atoms with E-state index in [2.05, 4.69) is 23.1 Å². The SMILES string of the molecule is C=Cc1cccc(F)c1-c1nc2c(cc1Cl)c(N1CCN(C(=O)C(=C)F)C[C@@H]1C)nc(=O)n2-c1c(C)ccnc1C(C)C. The third kappa shape index (κ3) is 5.31. The number of rotatable bonds is 6. The molecule has 43 heavy (non-hydrogen) atoms. The molecule has 1 saturated heterocycles. The van der Waals surface area contributed by atoms with Crippen LogP contribution in [0.15, 0.2) is 60.3 Å². The van der Waals surface area contributed by atoms with Crippen LogP contribution >= 0.6 is 11.6 Å². The average Bonchev–Trinajstić information content (AvgIpc) is 2.96. The Morgan fingerprint density at radius 3 is 2.60 bits per heavy atom. The number of aromatic nitrogens is 4. The van der Waals surface area contributed by atoms with Gasteiger partial charge in [-0.15, -0.1) is 0 Å². The molecule has 0 radical (unpaired) electrons. The average molecular weight is 605 g/mol. The van der Waals surface area contributed by atoms with Gasteiger partial charge in [0, 0.05) is 37.4 Å². The van der Waals surface area contributed by atoms with E-state index >= 15 is 4.39 Å². The van der Waals surface area contributed by atoms with Gasteiger partial charge in [-0.2, -0.15) is 4.98 Å². The number of hydrogen-bond acceptors (Lipinski definition) is 6. The molecule has 222 valence electrons. The topological polar surface area (TPSA) is 84.2 Å². The Morgan fingerprint density at radius 1 is 1.21 bits per heavy atom. The van der Waals surface area contributed by atoms with Gasteiger partial charge >= 0.3 is 5.69 Å². The van der Waals surface area contributed by atoms with Gasteiger partial charge in [-0.3, -0.25) is 9.78 Å². The van der Waals surface area contributed by atoms with Crippen molar-refractivity contribution in [2.45, 2.75) is 39.7 Å². The number of pyridine rings is 2. The normalized spacial score (nSPS) is 15.3. The Morgan fingerprint density at radius 2 is 1.95 bits per heavy atom. The van der Waals surface area contributed by atoms with Crippen LogP contribution in [-0.2, 0) is 4.79 Å². The van der Waals surface area contributed by atoms with Gasteiger partial charge in [-0.05, 0) is 49.1 Å². The highest BCUT2D eigenvalue weighted by atomic mass is 35.5. The zero-order valence-electron chi connectivity index (χ0n) is 24.4. The van der Waals surface area contributed by atoms with Crippen LogP contribution in [0.25, 0.3) is 34.1 Å². The van der Waals surface area contributed by atoms with E-state index in [1.165, 1.54) is 21.6 Å². The van der Waals surface area contributed by atoms with Crippen molar-refractivity contribution in [1.82, 2.24) is 24.4 Å². The van der Waals surface area contributed by atoms with E-state index in [0.717, 1.165) is 5.56 Å². The highest BCUT2D eigenvalue weighted by molar-refractivity contribution is 6.34. The molecule has 1 aliphatic heterocycles. The van der Waals surface area contributed by atoms with Crippen molar-refractivity contribution < 1.29 is 13.6 Å². The van der Waals surface area contributed by atoms with Crippen molar-refractivity contribution in [3.63, 3.8) is 0 Å². The van der Waals surface area contributed by atoms with E-state index in [1.54, 1.807) is 30.5 Å². The van der Waals surface area contributed by atoms with Crippen LogP contribution in [0.3, 0.4) is 0 Å². The summed E-state index contributed by atoms with van der Waals surface area (Å²) in [5.41, 5.74) is 2.37. The summed E-state index contributed by atoms with van der Waals surface area (Å²) in [6.07, 6.45) is 3.20. The van der Waals surface area contributed by atoms with Gasteiger partial charge in [-0.1, -0.05) is 56.8 Å².